The van der Waals surface area contributed by atoms with Gasteiger partial charge in [0.15, 0.2) is 0 Å². The minimum Gasteiger partial charge on any atom is -0.465 e. The molecule has 0 radical (unpaired) electrons. The zero-order chi connectivity index (χ0) is 10.1. The molecule has 0 fully saturated rings. The molecule has 0 aliphatic heterocycles. The van der Waals surface area contributed by atoms with Crippen molar-refractivity contribution in [2.24, 2.45) is 0 Å². The number of hydrogen-bond donors (Lipinski definition) is 1. The monoisotopic (exact) mass is 191 g/mol. The number of rotatable bonds is 1. The Labute approximate surface area is 80.1 Å². The van der Waals surface area contributed by atoms with Crippen LogP contribution < -0.4 is 0 Å². The van der Waals surface area contributed by atoms with Crippen LogP contribution >= 0.6 is 0 Å². The molecule has 0 saturated heterocycles. The van der Waals surface area contributed by atoms with Crippen molar-refractivity contribution in [1.82, 2.24) is 15.4 Å². The summed E-state index contributed by atoms with van der Waals surface area (Å²) in [5, 5.41) is 10.3. The summed E-state index contributed by atoms with van der Waals surface area (Å²) in [6.45, 7) is 1.88. The van der Waals surface area contributed by atoms with Gasteiger partial charge in [-0.05, 0) is 24.6 Å². The lowest BCUT2D eigenvalue weighted by molar-refractivity contribution is 0.0601. The van der Waals surface area contributed by atoms with Gasteiger partial charge < -0.3 is 4.74 Å². The van der Waals surface area contributed by atoms with Crippen LogP contribution in [0.3, 0.4) is 0 Å². The van der Waals surface area contributed by atoms with E-state index in [9.17, 15) is 4.79 Å². The van der Waals surface area contributed by atoms with Gasteiger partial charge in [-0.3, -0.25) is 5.10 Å². The molecule has 2 rings (SSSR count). The summed E-state index contributed by atoms with van der Waals surface area (Å²) in [4.78, 5) is 11.3. The van der Waals surface area contributed by atoms with Crippen LogP contribution in [0.2, 0.25) is 0 Å². The second-order valence-electron chi connectivity index (χ2n) is 2.99. The lowest BCUT2D eigenvalue weighted by Crippen LogP contribution is -2.01. The summed E-state index contributed by atoms with van der Waals surface area (Å²) < 4.78 is 4.62. The molecular weight excluding hydrogens is 182 g/mol. The van der Waals surface area contributed by atoms with E-state index in [-0.39, 0.29) is 5.97 Å². The van der Waals surface area contributed by atoms with Gasteiger partial charge in [0.25, 0.3) is 0 Å². The van der Waals surface area contributed by atoms with Crippen molar-refractivity contribution in [2.45, 2.75) is 6.92 Å². The number of methoxy groups -OCH3 is 1. The zero-order valence-corrected chi connectivity index (χ0v) is 7.87. The highest BCUT2D eigenvalue weighted by Gasteiger charge is 2.09. The second-order valence-corrected chi connectivity index (χ2v) is 2.99. The molecule has 1 heterocycles. The van der Waals surface area contributed by atoms with Gasteiger partial charge in [-0.1, -0.05) is 5.21 Å². The molecule has 1 aromatic heterocycles. The van der Waals surface area contributed by atoms with E-state index in [0.717, 1.165) is 11.1 Å². The number of fused-ring (bicyclic) bond motifs is 1. The highest BCUT2D eigenvalue weighted by molar-refractivity contribution is 5.94. The molecule has 14 heavy (non-hydrogen) atoms. The number of ether oxygens (including phenoxy) is 1. The molecule has 0 spiro atoms. The fourth-order valence-electron chi connectivity index (χ4n) is 1.36. The van der Waals surface area contributed by atoms with Gasteiger partial charge in [-0.25, -0.2) is 4.79 Å². The minimum atomic E-state index is -0.363. The number of aromatic amines is 1. The summed E-state index contributed by atoms with van der Waals surface area (Å²) in [5.74, 6) is -0.363. The number of nitrogens with one attached hydrogen (secondary N) is 1. The first kappa shape index (κ1) is 8.68. The average Bonchev–Trinajstić information content (AvgIpc) is 2.64. The van der Waals surface area contributed by atoms with Gasteiger partial charge in [-0.2, -0.15) is 0 Å². The predicted molar refractivity (Wildman–Crippen MR) is 50.0 cm³/mol. The third-order valence-corrected chi connectivity index (χ3v) is 2.06. The first-order chi connectivity index (χ1) is 6.72. The number of nitrogens with zero attached hydrogens (tertiary/aromatic N) is 2. The van der Waals surface area contributed by atoms with Crippen molar-refractivity contribution < 1.29 is 9.53 Å². The Balaban J connectivity index is 2.64. The van der Waals surface area contributed by atoms with Gasteiger partial charge in [0.2, 0.25) is 0 Å². The molecule has 0 amide bonds. The lowest BCUT2D eigenvalue weighted by Gasteiger charge is -2.00. The molecule has 0 saturated carbocycles. The standard InChI is InChI=1S/C9H9N3O2/c1-5-3-6(9(13)14-2)4-7-8(5)11-12-10-7/h3-4H,1-2H3,(H,10,11,12). The second kappa shape index (κ2) is 3.10. The van der Waals surface area contributed by atoms with Crippen LogP contribution in [-0.4, -0.2) is 28.5 Å². The average molecular weight is 191 g/mol. The fraction of sp³-hybridized carbons (Fsp3) is 0.222. The van der Waals surface area contributed by atoms with Gasteiger partial charge in [-0.15, -0.1) is 5.10 Å². The minimum absolute atomic E-state index is 0.363. The molecule has 5 heteroatoms. The number of aryl methyl sites for hydroxylation is 1. The van der Waals surface area contributed by atoms with E-state index in [0.29, 0.717) is 11.1 Å². The van der Waals surface area contributed by atoms with Crippen LogP contribution in [0.1, 0.15) is 15.9 Å². The summed E-state index contributed by atoms with van der Waals surface area (Å²) in [7, 11) is 1.35. The van der Waals surface area contributed by atoms with Crippen LogP contribution in [0.5, 0.6) is 0 Å². The number of carbonyl (C=O) groups is 1. The molecule has 72 valence electrons. The molecule has 0 aliphatic carbocycles. The zero-order valence-electron chi connectivity index (χ0n) is 7.87. The normalized spacial score (nSPS) is 10.4. The van der Waals surface area contributed by atoms with Crippen LogP contribution in [0, 0.1) is 6.92 Å². The highest BCUT2D eigenvalue weighted by atomic mass is 16.5. The Kier molecular flexibility index (Phi) is 1.92. The fourth-order valence-corrected chi connectivity index (χ4v) is 1.36. The Morgan fingerprint density at radius 2 is 2.29 bits per heavy atom. The Morgan fingerprint density at radius 3 is 3.00 bits per heavy atom. The Hall–Kier alpha value is -1.91. The van der Waals surface area contributed by atoms with Crippen molar-refractivity contribution in [3.05, 3.63) is 23.3 Å². The van der Waals surface area contributed by atoms with E-state index in [1.807, 2.05) is 6.92 Å². The van der Waals surface area contributed by atoms with Gasteiger partial charge in [0, 0.05) is 0 Å². The predicted octanol–water partition coefficient (Wildman–Crippen LogP) is 1.05. The number of H-pyrrole nitrogens is 1. The summed E-state index contributed by atoms with van der Waals surface area (Å²) in [6, 6.07) is 3.39. The molecule has 0 aliphatic rings. The van der Waals surface area contributed by atoms with Gasteiger partial charge in [0.1, 0.15) is 5.52 Å². The number of carbonyl (C=O) groups excluding carboxylic acids is 1. The maximum absolute atomic E-state index is 11.3. The topological polar surface area (TPSA) is 67.9 Å². The highest BCUT2D eigenvalue weighted by Crippen LogP contribution is 2.16. The summed E-state index contributed by atoms with van der Waals surface area (Å²) in [6.07, 6.45) is 0. The van der Waals surface area contributed by atoms with E-state index in [1.54, 1.807) is 12.1 Å². The van der Waals surface area contributed by atoms with Crippen LogP contribution in [0.4, 0.5) is 0 Å². The molecule has 5 nitrogen and oxygen atoms in total. The molecule has 1 N–H and O–H groups in total. The van der Waals surface area contributed by atoms with Crippen LogP contribution in [-0.2, 0) is 4.74 Å². The largest absolute Gasteiger partial charge is 0.465 e. The maximum Gasteiger partial charge on any atom is 0.337 e. The maximum atomic E-state index is 11.3. The smallest absolute Gasteiger partial charge is 0.337 e. The van der Waals surface area contributed by atoms with E-state index in [2.05, 4.69) is 20.1 Å². The van der Waals surface area contributed by atoms with E-state index in [1.165, 1.54) is 7.11 Å². The summed E-state index contributed by atoms with van der Waals surface area (Å²) in [5.41, 5.74) is 2.93. The van der Waals surface area contributed by atoms with E-state index < -0.39 is 0 Å². The lowest BCUT2D eigenvalue weighted by atomic mass is 10.1. The summed E-state index contributed by atoms with van der Waals surface area (Å²) >= 11 is 0. The van der Waals surface area contributed by atoms with Crippen molar-refractivity contribution in [3.8, 4) is 0 Å². The quantitative estimate of drug-likeness (QED) is 0.684. The first-order valence-corrected chi connectivity index (χ1v) is 4.12. The van der Waals surface area contributed by atoms with E-state index >= 15 is 0 Å². The number of aromatic nitrogens is 3. The van der Waals surface area contributed by atoms with Crippen molar-refractivity contribution in [3.63, 3.8) is 0 Å². The Bertz CT molecular complexity index is 490. The molecule has 0 atom stereocenters. The van der Waals surface area contributed by atoms with Crippen molar-refractivity contribution >= 4 is 17.0 Å². The first-order valence-electron chi connectivity index (χ1n) is 4.12. The molecule has 0 bridgehead atoms. The number of esters is 1. The number of benzene rings is 1. The van der Waals surface area contributed by atoms with Crippen molar-refractivity contribution in [1.29, 1.82) is 0 Å². The molecule has 2 aromatic rings. The van der Waals surface area contributed by atoms with Crippen molar-refractivity contribution in [2.75, 3.05) is 7.11 Å². The van der Waals surface area contributed by atoms with Gasteiger partial charge >= 0.3 is 5.97 Å². The van der Waals surface area contributed by atoms with Gasteiger partial charge in [0.05, 0.1) is 18.2 Å². The van der Waals surface area contributed by atoms with Crippen LogP contribution in [0.25, 0.3) is 11.0 Å². The SMILES string of the molecule is COC(=O)c1cc(C)c2[nH]nnc2c1. The molecular formula is C9H9N3O2. The molecule has 1 aromatic carbocycles. The third kappa shape index (κ3) is 1.22. The van der Waals surface area contributed by atoms with Crippen LogP contribution in [0.15, 0.2) is 12.1 Å². The molecule has 0 unspecified atom stereocenters. The Morgan fingerprint density at radius 1 is 1.50 bits per heavy atom. The third-order valence-electron chi connectivity index (χ3n) is 2.06. The van der Waals surface area contributed by atoms with E-state index in [4.69, 9.17) is 0 Å². The number of hydrogen-bond acceptors (Lipinski definition) is 4.